The van der Waals surface area contributed by atoms with Crippen LogP contribution in [0.3, 0.4) is 0 Å². The van der Waals surface area contributed by atoms with Crippen LogP contribution < -0.4 is 30.9 Å². The summed E-state index contributed by atoms with van der Waals surface area (Å²) in [6.45, 7) is -0.451. The van der Waals surface area contributed by atoms with Crippen LogP contribution in [0, 0.1) is 0 Å². The summed E-state index contributed by atoms with van der Waals surface area (Å²) in [6, 6.07) is 207. The number of aromatic nitrogens is 2. The third-order valence-corrected chi connectivity index (χ3v) is 30.4. The minimum Gasteiger partial charge on any atom is -0.457 e. The molecule has 0 saturated heterocycles. The highest BCUT2D eigenvalue weighted by molar-refractivity contribution is 7.00. The summed E-state index contributed by atoms with van der Waals surface area (Å²) in [7, 11) is 0. The first kappa shape index (κ1) is 84.2. The lowest BCUT2D eigenvalue weighted by Crippen LogP contribution is -2.61. The second-order valence-corrected chi connectivity index (χ2v) is 38.4. The molecule has 0 amide bonds. The standard InChI is InChI=1S/C139H91BN4O/c1-13-39-92(40-14-1)102-65-72-114-115-73-66-103(93-41-15-2-16-42-93)84-127(115)141(126(114)83-102)112-70-77-124-130(90-112)143(137-118(98-51-25-7-26-52-98)79-107(96-47-21-5-22-48-96)80-119(137)99-53-27-8-28-54-99)132-87-109(106-69-76-123-135(89-106)145-134-64-38-37-63-122(134)139(123,110-59-33-11-34-60-110)111-61-35-12-36-62-111)88-133-136(132)140(124)125-78-71-113(142-128-85-104(94-43-17-3-18-44-94)67-74-116(128)117-75-68-105(86-129(117)142)95-45-19-4-20-46-95)91-131(125)144(133)138-120(100-55-29-9-30-56-100)81-108(97-49-23-6-24-50-97)82-121(138)101-57-31-10-32-58-101/h1-91H. The van der Waals surface area contributed by atoms with E-state index in [0.29, 0.717) is 0 Å². The van der Waals surface area contributed by atoms with Crippen molar-refractivity contribution in [3.63, 3.8) is 0 Å². The Bertz CT molecular complexity index is 8550. The van der Waals surface area contributed by atoms with Gasteiger partial charge >= 0.3 is 0 Å². The number of hydrogen-bond acceptors (Lipinski definition) is 3. The molecule has 0 unspecified atom stereocenters. The number of para-hydroxylation sites is 1. The Hall–Kier alpha value is -18.9. The molecule has 676 valence electrons. The van der Waals surface area contributed by atoms with Crippen LogP contribution in [0.5, 0.6) is 11.5 Å². The van der Waals surface area contributed by atoms with E-state index >= 15 is 0 Å². The largest absolute Gasteiger partial charge is 0.457 e. The third kappa shape index (κ3) is 14.1. The fourth-order valence-corrected chi connectivity index (χ4v) is 23.8. The maximum Gasteiger partial charge on any atom is 0.252 e. The van der Waals surface area contributed by atoms with Crippen LogP contribution in [0.2, 0.25) is 0 Å². The average molecular weight is 1840 g/mol. The van der Waals surface area contributed by atoms with Crippen molar-refractivity contribution in [2.75, 3.05) is 9.80 Å². The second kappa shape index (κ2) is 34.9. The summed E-state index contributed by atoms with van der Waals surface area (Å²) in [6.07, 6.45) is 0. The predicted octanol–water partition coefficient (Wildman–Crippen LogP) is 34.8. The summed E-state index contributed by atoms with van der Waals surface area (Å²) in [5.41, 5.74) is 43.6. The molecule has 0 radical (unpaired) electrons. The van der Waals surface area contributed by atoms with Gasteiger partial charge in [0.2, 0.25) is 0 Å². The first-order chi connectivity index (χ1) is 71.9. The van der Waals surface area contributed by atoms with E-state index in [0.717, 1.165) is 262 Å². The first-order valence-corrected chi connectivity index (χ1v) is 50.1. The Morgan fingerprint density at radius 1 is 0.179 bits per heavy atom. The number of benzene rings is 23. The lowest BCUT2D eigenvalue weighted by atomic mass is 9.33. The third-order valence-electron chi connectivity index (χ3n) is 30.4. The number of nitrogens with zero attached hydrogens (tertiary/aromatic N) is 4. The molecule has 0 saturated carbocycles. The Morgan fingerprint density at radius 2 is 0.441 bits per heavy atom. The maximum atomic E-state index is 7.69. The van der Waals surface area contributed by atoms with Crippen LogP contribution >= 0.6 is 0 Å². The maximum absolute atomic E-state index is 7.69. The zero-order valence-corrected chi connectivity index (χ0v) is 79.3. The van der Waals surface area contributed by atoms with Crippen LogP contribution in [-0.2, 0) is 5.41 Å². The smallest absolute Gasteiger partial charge is 0.252 e. The lowest BCUT2D eigenvalue weighted by Gasteiger charge is -2.46. The first-order valence-electron chi connectivity index (χ1n) is 50.1. The van der Waals surface area contributed by atoms with Crippen molar-refractivity contribution in [2.24, 2.45) is 0 Å². The molecule has 25 aromatic rings. The van der Waals surface area contributed by atoms with Crippen molar-refractivity contribution in [1.29, 1.82) is 0 Å². The summed E-state index contributed by atoms with van der Waals surface area (Å²) >= 11 is 0. The quantitative estimate of drug-likeness (QED) is 0.0850. The van der Waals surface area contributed by atoms with Crippen molar-refractivity contribution in [3.05, 3.63) is 574 Å². The molecule has 0 bridgehead atoms. The lowest BCUT2D eigenvalue weighted by molar-refractivity contribution is 0.434. The molecule has 0 spiro atoms. The van der Waals surface area contributed by atoms with Gasteiger partial charge in [0.15, 0.2) is 0 Å². The van der Waals surface area contributed by atoms with E-state index in [1.807, 2.05) is 0 Å². The van der Waals surface area contributed by atoms with E-state index < -0.39 is 12.1 Å². The van der Waals surface area contributed by atoms with Gasteiger partial charge in [-0.15, -0.1) is 0 Å². The molecule has 145 heavy (non-hydrogen) atoms. The van der Waals surface area contributed by atoms with E-state index in [9.17, 15) is 0 Å². The highest BCUT2D eigenvalue weighted by Crippen LogP contribution is 2.60. The molecular formula is C139H91BN4O. The van der Waals surface area contributed by atoms with Gasteiger partial charge in [-0.25, -0.2) is 0 Å². The van der Waals surface area contributed by atoms with E-state index in [-0.39, 0.29) is 0 Å². The van der Waals surface area contributed by atoms with Crippen molar-refractivity contribution < 1.29 is 4.74 Å². The number of anilines is 6. The molecule has 5 heterocycles. The number of rotatable bonds is 17. The van der Waals surface area contributed by atoms with Gasteiger partial charge in [0, 0.05) is 89.0 Å². The summed E-state index contributed by atoms with van der Waals surface area (Å²) in [4.78, 5) is 5.46. The molecule has 0 atom stereocenters. The van der Waals surface area contributed by atoms with Crippen molar-refractivity contribution >= 4 is 101 Å². The Kier molecular flexibility index (Phi) is 20.3. The number of hydrogen-bond donors (Lipinski definition) is 0. The molecule has 3 aliphatic heterocycles. The molecule has 3 aliphatic rings. The van der Waals surface area contributed by atoms with Crippen LogP contribution in [0.15, 0.2) is 552 Å². The Labute approximate surface area is 843 Å². The molecule has 0 N–H and O–H groups in total. The fourth-order valence-electron chi connectivity index (χ4n) is 23.8. The monoisotopic (exact) mass is 1840 g/mol. The fraction of sp³-hybridized carbons (Fsp3) is 0.00719. The highest BCUT2D eigenvalue weighted by atomic mass is 16.5. The van der Waals surface area contributed by atoms with Crippen LogP contribution in [0.25, 0.3) is 177 Å². The normalized spacial score (nSPS) is 12.6. The zero-order valence-electron chi connectivity index (χ0n) is 79.3. The van der Waals surface area contributed by atoms with Gasteiger partial charge in [-0.2, -0.15) is 0 Å². The summed E-state index contributed by atoms with van der Waals surface area (Å²) in [5.74, 6) is 1.57. The van der Waals surface area contributed by atoms with Gasteiger partial charge in [-0.3, -0.25) is 0 Å². The van der Waals surface area contributed by atoms with Gasteiger partial charge in [-0.05, 0) is 225 Å². The molecule has 23 aromatic carbocycles. The number of fused-ring (bicyclic) bond motifs is 12. The van der Waals surface area contributed by atoms with E-state index in [4.69, 9.17) is 4.74 Å². The Balaban J connectivity index is 0.816. The van der Waals surface area contributed by atoms with E-state index in [2.05, 4.69) is 571 Å². The molecular weight excluding hydrogens is 1750 g/mol. The number of ether oxygens (including phenoxy) is 1. The average Bonchev–Trinajstić information content (AvgIpc) is 1.57. The van der Waals surface area contributed by atoms with Crippen LogP contribution in [0.4, 0.5) is 34.1 Å². The van der Waals surface area contributed by atoms with Gasteiger partial charge < -0.3 is 23.7 Å². The summed E-state index contributed by atoms with van der Waals surface area (Å²) < 4.78 is 12.8. The minimum atomic E-state index is -0.802. The molecule has 5 nitrogen and oxygen atoms in total. The predicted molar refractivity (Wildman–Crippen MR) is 607 cm³/mol. The van der Waals surface area contributed by atoms with E-state index in [1.165, 1.54) is 0 Å². The summed E-state index contributed by atoms with van der Waals surface area (Å²) in [5, 5.41) is 4.65. The highest BCUT2D eigenvalue weighted by Gasteiger charge is 2.49. The second-order valence-electron chi connectivity index (χ2n) is 38.4. The minimum absolute atomic E-state index is 0.451. The SMILES string of the molecule is c1ccc(-c2cc(-c3ccccc3)c(N3c4cc(-n5c6cc(-c7ccccc7)ccc6c6ccc(-c7ccccc7)cc65)ccc4B4c5ccc(-n6c7cc(-c8ccccc8)ccc7c7ccc(-c8ccccc8)cc76)cc5N(c5c(-c6ccccc6)cc(-c6ccccc6)cc5-c5ccccc5)c5cc(-c6ccc7c(c6)Oc6ccccc6C7(c6ccccc6)c6ccccc6)cc3c54)c(-c3ccccc3)c2)cc1. The molecule has 0 fully saturated rings. The Morgan fingerprint density at radius 3 is 0.766 bits per heavy atom. The van der Waals surface area contributed by atoms with Crippen molar-refractivity contribution in [1.82, 2.24) is 9.13 Å². The van der Waals surface area contributed by atoms with E-state index in [1.54, 1.807) is 0 Å². The zero-order chi connectivity index (χ0) is 95.6. The topological polar surface area (TPSA) is 25.6 Å². The van der Waals surface area contributed by atoms with Gasteiger partial charge in [0.25, 0.3) is 6.71 Å². The molecule has 2 aromatic heterocycles. The van der Waals surface area contributed by atoms with Gasteiger partial charge in [0.1, 0.15) is 11.5 Å². The molecule has 28 rings (SSSR count). The van der Waals surface area contributed by atoms with Crippen molar-refractivity contribution in [2.45, 2.75) is 5.41 Å². The van der Waals surface area contributed by atoms with Gasteiger partial charge in [-0.1, -0.05) is 455 Å². The van der Waals surface area contributed by atoms with Crippen LogP contribution in [0.1, 0.15) is 22.3 Å². The molecule has 6 heteroatoms. The van der Waals surface area contributed by atoms with Crippen LogP contribution in [-0.4, -0.2) is 15.8 Å². The molecule has 0 aliphatic carbocycles. The van der Waals surface area contributed by atoms with Crippen molar-refractivity contribution in [3.8, 4) is 145 Å². The van der Waals surface area contributed by atoms with Gasteiger partial charge in [0.05, 0.1) is 38.9 Å².